The first kappa shape index (κ1) is 14.9. The maximum atomic E-state index is 12.4. The summed E-state index contributed by atoms with van der Waals surface area (Å²) < 4.78 is 33.7. The van der Waals surface area contributed by atoms with E-state index >= 15 is 0 Å². The van der Waals surface area contributed by atoms with Gasteiger partial charge in [0.1, 0.15) is 11.6 Å². The van der Waals surface area contributed by atoms with Crippen LogP contribution in [0.15, 0.2) is 0 Å². The summed E-state index contributed by atoms with van der Waals surface area (Å²) in [6.45, 7) is 2.98. The van der Waals surface area contributed by atoms with Crippen LogP contribution in [0, 0.1) is 0 Å². The molecular weight excluding hydrogens is 292 g/mol. The van der Waals surface area contributed by atoms with Gasteiger partial charge in [-0.25, -0.2) is 8.42 Å². The molecule has 1 aromatic rings. The topological polar surface area (TPSA) is 77.3 Å². The standard InChI is InChI=1S/C13H22N4O3S/c1-3-21(18,19)17-10-4-5-11(17)9-16-12(6-7-20-2)14-15-13(16)8-10/h10-11H,3-9H2,1-2H3. The van der Waals surface area contributed by atoms with Crippen molar-refractivity contribution in [2.75, 3.05) is 19.5 Å². The lowest BCUT2D eigenvalue weighted by Gasteiger charge is -2.26. The second kappa shape index (κ2) is 5.66. The first-order valence-corrected chi connectivity index (χ1v) is 9.08. The van der Waals surface area contributed by atoms with Crippen molar-refractivity contribution in [2.24, 2.45) is 0 Å². The second-order valence-corrected chi connectivity index (χ2v) is 7.87. The number of rotatable bonds is 5. The van der Waals surface area contributed by atoms with Gasteiger partial charge in [-0.3, -0.25) is 0 Å². The average Bonchev–Trinajstić information content (AvgIpc) is 2.97. The maximum absolute atomic E-state index is 12.4. The van der Waals surface area contributed by atoms with Gasteiger partial charge in [0.2, 0.25) is 10.0 Å². The fraction of sp³-hybridized carbons (Fsp3) is 0.846. The van der Waals surface area contributed by atoms with Gasteiger partial charge in [0, 0.05) is 38.6 Å². The Balaban J connectivity index is 1.90. The molecule has 2 unspecified atom stereocenters. The minimum atomic E-state index is -3.16. The molecule has 7 nitrogen and oxygen atoms in total. The molecule has 0 amide bonds. The Kier molecular flexibility index (Phi) is 4.02. The molecule has 2 aliphatic heterocycles. The SMILES string of the molecule is CCS(=O)(=O)N1C2CCC1Cn1c(CCOC)nnc1C2. The minimum Gasteiger partial charge on any atom is -0.384 e. The Bertz CT molecular complexity index is 613. The molecule has 0 spiro atoms. The molecule has 8 heteroatoms. The van der Waals surface area contributed by atoms with E-state index in [-0.39, 0.29) is 17.8 Å². The van der Waals surface area contributed by atoms with Gasteiger partial charge in [-0.05, 0) is 19.8 Å². The molecule has 0 saturated carbocycles. The molecule has 1 fully saturated rings. The number of hydrogen-bond donors (Lipinski definition) is 0. The summed E-state index contributed by atoms with van der Waals surface area (Å²) in [5.74, 6) is 1.97. The van der Waals surface area contributed by atoms with Crippen LogP contribution >= 0.6 is 0 Å². The largest absolute Gasteiger partial charge is 0.384 e. The van der Waals surface area contributed by atoms with E-state index < -0.39 is 10.0 Å². The summed E-state index contributed by atoms with van der Waals surface area (Å²) in [5, 5.41) is 8.51. The zero-order valence-corrected chi connectivity index (χ0v) is 13.3. The van der Waals surface area contributed by atoms with Crippen LogP contribution in [0.1, 0.15) is 31.4 Å². The van der Waals surface area contributed by atoms with Crippen LogP contribution in [-0.4, -0.2) is 59.0 Å². The third-order valence-corrected chi connectivity index (χ3v) is 6.45. The summed E-state index contributed by atoms with van der Waals surface area (Å²) in [6, 6.07) is 0.0826. The Morgan fingerprint density at radius 1 is 1.29 bits per heavy atom. The van der Waals surface area contributed by atoms with Crippen LogP contribution in [0.2, 0.25) is 0 Å². The third-order valence-electron chi connectivity index (χ3n) is 4.48. The molecule has 1 aromatic heterocycles. The van der Waals surface area contributed by atoms with Crippen LogP contribution in [0.5, 0.6) is 0 Å². The summed E-state index contributed by atoms with van der Waals surface area (Å²) in [6.07, 6.45) is 3.21. The highest BCUT2D eigenvalue weighted by Gasteiger charge is 2.43. The van der Waals surface area contributed by atoms with E-state index in [2.05, 4.69) is 14.8 Å². The van der Waals surface area contributed by atoms with E-state index in [1.165, 1.54) is 0 Å². The lowest BCUT2D eigenvalue weighted by atomic mass is 10.1. The van der Waals surface area contributed by atoms with Gasteiger partial charge in [-0.1, -0.05) is 0 Å². The van der Waals surface area contributed by atoms with Crippen molar-refractivity contribution in [2.45, 2.75) is 51.2 Å². The van der Waals surface area contributed by atoms with Crippen molar-refractivity contribution < 1.29 is 13.2 Å². The van der Waals surface area contributed by atoms with E-state index in [1.807, 2.05) is 0 Å². The Morgan fingerprint density at radius 2 is 2.05 bits per heavy atom. The third kappa shape index (κ3) is 2.60. The monoisotopic (exact) mass is 314 g/mol. The number of fused-ring (bicyclic) bond motifs is 3. The number of sulfonamides is 1. The smallest absolute Gasteiger partial charge is 0.214 e. The molecule has 0 N–H and O–H groups in total. The first-order valence-electron chi connectivity index (χ1n) is 7.48. The van der Waals surface area contributed by atoms with Crippen molar-refractivity contribution in [3.05, 3.63) is 11.6 Å². The number of nitrogens with zero attached hydrogens (tertiary/aromatic N) is 4. The molecule has 3 heterocycles. The Morgan fingerprint density at radius 3 is 2.76 bits per heavy atom. The summed E-state index contributed by atoms with van der Waals surface area (Å²) in [7, 11) is -1.49. The van der Waals surface area contributed by atoms with Gasteiger partial charge in [-0.2, -0.15) is 4.31 Å². The first-order chi connectivity index (χ1) is 10.1. The van der Waals surface area contributed by atoms with E-state index in [9.17, 15) is 8.42 Å². The predicted octanol–water partition coefficient (Wildman–Crippen LogP) is 0.206. The Hall–Kier alpha value is -0.990. The fourth-order valence-electron chi connectivity index (χ4n) is 3.44. The molecule has 2 aliphatic rings. The highest BCUT2D eigenvalue weighted by molar-refractivity contribution is 7.89. The maximum Gasteiger partial charge on any atom is 0.214 e. The highest BCUT2D eigenvalue weighted by Crippen LogP contribution is 2.33. The average molecular weight is 314 g/mol. The summed E-state index contributed by atoms with van der Waals surface area (Å²) in [4.78, 5) is 0. The van der Waals surface area contributed by atoms with Crippen LogP contribution in [0.3, 0.4) is 0 Å². The van der Waals surface area contributed by atoms with Crippen molar-refractivity contribution in [3.63, 3.8) is 0 Å². The van der Waals surface area contributed by atoms with Gasteiger partial charge in [0.15, 0.2) is 0 Å². The number of methoxy groups -OCH3 is 1. The molecule has 2 atom stereocenters. The van der Waals surface area contributed by atoms with Crippen LogP contribution < -0.4 is 0 Å². The van der Waals surface area contributed by atoms with Crippen molar-refractivity contribution in [3.8, 4) is 0 Å². The lowest BCUT2D eigenvalue weighted by Crippen LogP contribution is -2.42. The zero-order chi connectivity index (χ0) is 15.0. The van der Waals surface area contributed by atoms with E-state index in [1.54, 1.807) is 18.3 Å². The fourth-order valence-corrected chi connectivity index (χ4v) is 5.00. The lowest BCUT2D eigenvalue weighted by molar-refractivity contribution is 0.199. The normalized spacial score (nSPS) is 25.8. The molecule has 118 valence electrons. The van der Waals surface area contributed by atoms with E-state index in [0.717, 1.165) is 24.5 Å². The van der Waals surface area contributed by atoms with Crippen LogP contribution in [0.4, 0.5) is 0 Å². The van der Waals surface area contributed by atoms with Gasteiger partial charge < -0.3 is 9.30 Å². The second-order valence-electron chi connectivity index (χ2n) is 5.71. The molecule has 0 radical (unpaired) electrons. The number of aromatic nitrogens is 3. The van der Waals surface area contributed by atoms with E-state index in [0.29, 0.717) is 26.0 Å². The highest BCUT2D eigenvalue weighted by atomic mass is 32.2. The molecule has 3 rings (SSSR count). The van der Waals surface area contributed by atoms with Crippen molar-refractivity contribution >= 4 is 10.0 Å². The van der Waals surface area contributed by atoms with Gasteiger partial charge in [-0.15, -0.1) is 10.2 Å². The van der Waals surface area contributed by atoms with Gasteiger partial charge in [0.25, 0.3) is 0 Å². The van der Waals surface area contributed by atoms with Gasteiger partial charge >= 0.3 is 0 Å². The Labute approximate surface area is 125 Å². The molecule has 0 aromatic carbocycles. The van der Waals surface area contributed by atoms with Crippen LogP contribution in [0.25, 0.3) is 0 Å². The predicted molar refractivity (Wildman–Crippen MR) is 77.4 cm³/mol. The number of ether oxygens (including phenoxy) is 1. The zero-order valence-electron chi connectivity index (χ0n) is 12.5. The van der Waals surface area contributed by atoms with Gasteiger partial charge in [0.05, 0.1) is 12.4 Å². The summed E-state index contributed by atoms with van der Waals surface area (Å²) >= 11 is 0. The van der Waals surface area contributed by atoms with Crippen molar-refractivity contribution in [1.82, 2.24) is 19.1 Å². The molecule has 0 aliphatic carbocycles. The summed E-state index contributed by atoms with van der Waals surface area (Å²) in [5.41, 5.74) is 0. The number of hydrogen-bond acceptors (Lipinski definition) is 5. The quantitative estimate of drug-likeness (QED) is 0.776. The molecular formula is C13H22N4O3S. The van der Waals surface area contributed by atoms with E-state index in [4.69, 9.17) is 4.74 Å². The molecule has 21 heavy (non-hydrogen) atoms. The van der Waals surface area contributed by atoms with Crippen LogP contribution in [-0.2, 0) is 34.1 Å². The van der Waals surface area contributed by atoms with Crippen molar-refractivity contribution in [1.29, 1.82) is 0 Å². The molecule has 2 bridgehead atoms. The molecule has 1 saturated heterocycles. The minimum absolute atomic E-state index is 0.0403.